The molecule has 0 bridgehead atoms. The number of nitrogens with two attached hydrogens (primary N) is 1. The molecule has 1 amide bonds. The number of anilines is 2. The molecule has 2 aromatic rings. The van der Waals surface area contributed by atoms with Crippen LogP contribution in [0.25, 0.3) is 10.2 Å². The lowest BCUT2D eigenvalue weighted by Gasteiger charge is -2.26. The maximum Gasteiger partial charge on any atom is 0.226 e. The lowest BCUT2D eigenvalue weighted by molar-refractivity contribution is -0.118. The van der Waals surface area contributed by atoms with Gasteiger partial charge in [-0.25, -0.2) is 4.98 Å². The van der Waals surface area contributed by atoms with Crippen molar-refractivity contribution in [1.29, 1.82) is 0 Å². The fraction of sp³-hybridized carbons (Fsp3) is 0.462. The number of thiophene rings is 1. The summed E-state index contributed by atoms with van der Waals surface area (Å²) in [6.07, 6.45) is 0.235. The van der Waals surface area contributed by atoms with Gasteiger partial charge in [0.15, 0.2) is 0 Å². The Balaban J connectivity index is 2.36. The number of amides is 1. The summed E-state index contributed by atoms with van der Waals surface area (Å²) in [6, 6.07) is 1.97. The molecule has 4 N–H and O–H groups in total. The number of fused-ring (bicyclic) bond motifs is 1. The van der Waals surface area contributed by atoms with Crippen molar-refractivity contribution in [3.63, 3.8) is 0 Å². The molecular weight excluding hydrogens is 274 g/mol. The standard InChI is InChI=1S/C13H19N5OS/c1-4-15-12-16-10(8-5-6-20-11(8)17-12)18-13(2,3)7-9(14)19/h5-6H,4,7H2,1-3H3,(H2,14,19)(H2,15,16,17,18). The molecule has 0 radical (unpaired) electrons. The van der Waals surface area contributed by atoms with Crippen molar-refractivity contribution >= 4 is 39.2 Å². The van der Waals surface area contributed by atoms with Gasteiger partial charge in [-0.05, 0) is 32.2 Å². The van der Waals surface area contributed by atoms with Gasteiger partial charge in [-0.15, -0.1) is 11.3 Å². The second kappa shape index (κ2) is 5.62. The number of aromatic nitrogens is 2. The average Bonchev–Trinajstić information content (AvgIpc) is 2.75. The zero-order valence-electron chi connectivity index (χ0n) is 11.9. The Hall–Kier alpha value is -1.89. The fourth-order valence-corrected chi connectivity index (χ4v) is 2.75. The van der Waals surface area contributed by atoms with Gasteiger partial charge < -0.3 is 16.4 Å². The highest BCUT2D eigenvalue weighted by Gasteiger charge is 2.22. The summed E-state index contributed by atoms with van der Waals surface area (Å²) in [6.45, 7) is 6.59. The molecule has 0 aromatic carbocycles. The second-order valence-corrected chi connectivity index (χ2v) is 6.11. The molecule has 2 heterocycles. The van der Waals surface area contributed by atoms with Gasteiger partial charge in [0, 0.05) is 18.5 Å². The summed E-state index contributed by atoms with van der Waals surface area (Å²) >= 11 is 1.56. The normalized spacial score (nSPS) is 11.6. The summed E-state index contributed by atoms with van der Waals surface area (Å²) in [5.74, 6) is 0.961. The Kier molecular flexibility index (Phi) is 4.08. The number of carbonyl (C=O) groups is 1. The first-order valence-electron chi connectivity index (χ1n) is 6.47. The molecule has 0 aliphatic heterocycles. The third-order valence-electron chi connectivity index (χ3n) is 2.73. The molecule has 20 heavy (non-hydrogen) atoms. The first-order chi connectivity index (χ1) is 9.41. The lowest BCUT2D eigenvalue weighted by atomic mass is 10.0. The molecule has 0 unspecified atom stereocenters. The van der Waals surface area contributed by atoms with E-state index in [2.05, 4.69) is 20.6 Å². The monoisotopic (exact) mass is 293 g/mol. The Morgan fingerprint density at radius 2 is 2.20 bits per heavy atom. The number of rotatable bonds is 6. The molecule has 0 spiro atoms. The molecule has 108 valence electrons. The minimum absolute atomic E-state index is 0.235. The van der Waals surface area contributed by atoms with Gasteiger partial charge in [-0.3, -0.25) is 4.79 Å². The Morgan fingerprint density at radius 3 is 2.85 bits per heavy atom. The number of carbonyl (C=O) groups excluding carboxylic acids is 1. The van der Waals surface area contributed by atoms with Crippen LogP contribution in [0.5, 0.6) is 0 Å². The molecule has 0 saturated heterocycles. The largest absolute Gasteiger partial charge is 0.370 e. The van der Waals surface area contributed by atoms with Crippen LogP contribution in [0.3, 0.4) is 0 Å². The van der Waals surface area contributed by atoms with Crippen LogP contribution < -0.4 is 16.4 Å². The van der Waals surface area contributed by atoms with E-state index in [-0.39, 0.29) is 12.3 Å². The maximum atomic E-state index is 11.1. The molecule has 0 atom stereocenters. The van der Waals surface area contributed by atoms with Crippen molar-refractivity contribution in [2.24, 2.45) is 5.73 Å². The third kappa shape index (κ3) is 3.36. The van der Waals surface area contributed by atoms with Crippen LogP contribution in [0.1, 0.15) is 27.2 Å². The van der Waals surface area contributed by atoms with E-state index in [0.717, 1.165) is 22.6 Å². The average molecular weight is 293 g/mol. The number of primary amides is 1. The Morgan fingerprint density at radius 1 is 1.45 bits per heavy atom. The van der Waals surface area contributed by atoms with Crippen LogP contribution in [0.2, 0.25) is 0 Å². The number of hydrogen-bond acceptors (Lipinski definition) is 6. The number of hydrogen-bond donors (Lipinski definition) is 3. The Labute approximate surface area is 121 Å². The van der Waals surface area contributed by atoms with Gasteiger partial charge in [-0.2, -0.15) is 4.98 Å². The third-order valence-corrected chi connectivity index (χ3v) is 3.54. The highest BCUT2D eigenvalue weighted by atomic mass is 32.1. The molecule has 2 rings (SSSR count). The van der Waals surface area contributed by atoms with E-state index in [9.17, 15) is 4.79 Å². The van der Waals surface area contributed by atoms with Gasteiger partial charge in [0.2, 0.25) is 11.9 Å². The van der Waals surface area contributed by atoms with Crippen molar-refractivity contribution in [3.05, 3.63) is 11.4 Å². The lowest BCUT2D eigenvalue weighted by Crippen LogP contribution is -2.36. The van der Waals surface area contributed by atoms with E-state index in [1.807, 2.05) is 32.2 Å². The minimum Gasteiger partial charge on any atom is -0.370 e. The highest BCUT2D eigenvalue weighted by Crippen LogP contribution is 2.29. The second-order valence-electron chi connectivity index (χ2n) is 5.22. The van der Waals surface area contributed by atoms with E-state index in [4.69, 9.17) is 5.73 Å². The topological polar surface area (TPSA) is 92.9 Å². The maximum absolute atomic E-state index is 11.1. The molecule has 2 aromatic heterocycles. The van der Waals surface area contributed by atoms with E-state index in [1.165, 1.54) is 0 Å². The van der Waals surface area contributed by atoms with E-state index in [0.29, 0.717) is 5.95 Å². The van der Waals surface area contributed by atoms with Crippen molar-refractivity contribution in [3.8, 4) is 0 Å². The molecule has 6 nitrogen and oxygen atoms in total. The van der Waals surface area contributed by atoms with Crippen molar-refractivity contribution in [1.82, 2.24) is 9.97 Å². The molecule has 0 aliphatic carbocycles. The van der Waals surface area contributed by atoms with Gasteiger partial charge in [-0.1, -0.05) is 0 Å². The Bertz CT molecular complexity index is 622. The number of nitrogens with zero attached hydrogens (tertiary/aromatic N) is 2. The van der Waals surface area contributed by atoms with Crippen molar-refractivity contribution in [2.45, 2.75) is 32.7 Å². The van der Waals surface area contributed by atoms with Crippen LogP contribution in [0.4, 0.5) is 11.8 Å². The smallest absolute Gasteiger partial charge is 0.226 e. The number of nitrogens with one attached hydrogen (secondary N) is 2. The SMILES string of the molecule is CCNc1nc(NC(C)(C)CC(N)=O)c2ccsc2n1. The molecule has 0 aliphatic rings. The van der Waals surface area contributed by atoms with E-state index < -0.39 is 5.54 Å². The van der Waals surface area contributed by atoms with E-state index >= 15 is 0 Å². The van der Waals surface area contributed by atoms with Gasteiger partial charge in [0.25, 0.3) is 0 Å². The van der Waals surface area contributed by atoms with Crippen LogP contribution in [0, 0.1) is 0 Å². The van der Waals surface area contributed by atoms with Crippen molar-refractivity contribution < 1.29 is 4.79 Å². The first kappa shape index (κ1) is 14.5. The predicted molar refractivity (Wildman–Crippen MR) is 83.1 cm³/mol. The summed E-state index contributed by atoms with van der Waals surface area (Å²) in [5, 5.41) is 9.33. The quantitative estimate of drug-likeness (QED) is 0.759. The van der Waals surface area contributed by atoms with Crippen LogP contribution >= 0.6 is 11.3 Å². The fourth-order valence-electron chi connectivity index (χ4n) is 1.99. The molecule has 0 saturated carbocycles. The predicted octanol–water partition coefficient (Wildman–Crippen LogP) is 2.19. The van der Waals surface area contributed by atoms with E-state index in [1.54, 1.807) is 11.3 Å². The summed E-state index contributed by atoms with van der Waals surface area (Å²) in [4.78, 5) is 21.0. The van der Waals surface area contributed by atoms with Crippen LogP contribution in [0.15, 0.2) is 11.4 Å². The highest BCUT2D eigenvalue weighted by molar-refractivity contribution is 7.16. The molecule has 0 fully saturated rings. The molecule has 7 heteroatoms. The van der Waals surface area contributed by atoms with Gasteiger partial charge in [0.05, 0.1) is 5.39 Å². The zero-order valence-corrected chi connectivity index (χ0v) is 12.7. The minimum atomic E-state index is -0.460. The van der Waals surface area contributed by atoms with Crippen molar-refractivity contribution in [2.75, 3.05) is 17.2 Å². The molecular formula is C13H19N5OS. The summed E-state index contributed by atoms with van der Waals surface area (Å²) in [7, 11) is 0. The zero-order chi connectivity index (χ0) is 14.8. The van der Waals surface area contributed by atoms with Gasteiger partial charge in [0.1, 0.15) is 10.6 Å². The van der Waals surface area contributed by atoms with Gasteiger partial charge >= 0.3 is 0 Å². The summed E-state index contributed by atoms with van der Waals surface area (Å²) < 4.78 is 0. The summed E-state index contributed by atoms with van der Waals surface area (Å²) in [5.41, 5.74) is 4.82. The first-order valence-corrected chi connectivity index (χ1v) is 7.35. The van der Waals surface area contributed by atoms with Crippen LogP contribution in [-0.4, -0.2) is 28.0 Å². The van der Waals surface area contributed by atoms with Crippen LogP contribution in [-0.2, 0) is 4.79 Å².